The topological polar surface area (TPSA) is 96.2 Å². The second-order valence-electron chi connectivity index (χ2n) is 6.77. The highest BCUT2D eigenvalue weighted by Crippen LogP contribution is 2.09. The van der Waals surface area contributed by atoms with Crippen molar-refractivity contribution in [2.75, 3.05) is 44.2 Å². The van der Waals surface area contributed by atoms with Crippen LogP contribution in [0, 0.1) is 0 Å². The molecular weight excluding hydrogens is 358 g/mol. The Morgan fingerprint density at radius 3 is 2.57 bits per heavy atom. The zero-order valence-electron chi connectivity index (χ0n) is 16.3. The molecule has 0 atom stereocenters. The number of carbonyl (C=O) groups excluding carboxylic acids is 1. The Labute approximate surface area is 164 Å². The third-order valence-corrected chi connectivity index (χ3v) is 4.74. The van der Waals surface area contributed by atoms with Gasteiger partial charge in [0, 0.05) is 64.3 Å². The number of rotatable bonds is 8. The summed E-state index contributed by atoms with van der Waals surface area (Å²) in [6, 6.07) is 4.70. The molecule has 1 saturated heterocycles. The number of amides is 1. The van der Waals surface area contributed by atoms with E-state index in [0.29, 0.717) is 13.1 Å². The van der Waals surface area contributed by atoms with Crippen LogP contribution in [0.2, 0.25) is 0 Å². The Morgan fingerprint density at radius 2 is 1.86 bits per heavy atom. The molecule has 1 N–H and O–H groups in total. The van der Waals surface area contributed by atoms with Crippen molar-refractivity contribution in [1.82, 2.24) is 30.0 Å². The van der Waals surface area contributed by atoms with E-state index in [2.05, 4.69) is 30.2 Å². The number of unbranched alkanes of at least 4 members (excludes halogenated alkanes) is 1. The molecule has 0 aromatic carbocycles. The maximum absolute atomic E-state index is 12.3. The lowest BCUT2D eigenvalue weighted by Crippen LogP contribution is -2.49. The average molecular weight is 385 g/mol. The van der Waals surface area contributed by atoms with E-state index in [4.69, 9.17) is 0 Å². The predicted octanol–water partition coefficient (Wildman–Crippen LogP) is 0.385. The fourth-order valence-corrected chi connectivity index (χ4v) is 3.08. The number of hydrogen-bond acceptors (Lipinski definition) is 7. The van der Waals surface area contributed by atoms with Crippen LogP contribution in [0.3, 0.4) is 0 Å². The standard InChI is InChI=1S/C19H27N7O2/c1-2-3-10-26-17(27)6-5-16(23-26)18(28)20-9-11-24-12-14-25(15-13-24)19-21-7-4-8-22-19/h4-8H,2-3,9-15H2,1H3,(H,20,28). The SMILES string of the molecule is CCCCn1nc(C(=O)NCCN2CCN(c3ncccn3)CC2)ccc1=O. The zero-order chi connectivity index (χ0) is 19.8. The van der Waals surface area contributed by atoms with E-state index in [-0.39, 0.29) is 17.2 Å². The van der Waals surface area contributed by atoms with Gasteiger partial charge in [0.05, 0.1) is 0 Å². The summed E-state index contributed by atoms with van der Waals surface area (Å²) >= 11 is 0. The summed E-state index contributed by atoms with van der Waals surface area (Å²) in [4.78, 5) is 37.2. The fourth-order valence-electron chi connectivity index (χ4n) is 3.08. The van der Waals surface area contributed by atoms with Crippen LogP contribution < -0.4 is 15.8 Å². The first-order valence-electron chi connectivity index (χ1n) is 9.78. The van der Waals surface area contributed by atoms with Gasteiger partial charge in [0.2, 0.25) is 5.95 Å². The van der Waals surface area contributed by atoms with E-state index in [0.717, 1.165) is 51.5 Å². The zero-order valence-corrected chi connectivity index (χ0v) is 16.3. The Hall–Kier alpha value is -2.81. The molecule has 28 heavy (non-hydrogen) atoms. The molecule has 2 aromatic heterocycles. The molecule has 1 aliphatic heterocycles. The van der Waals surface area contributed by atoms with Crippen LogP contribution in [0.15, 0.2) is 35.4 Å². The smallest absolute Gasteiger partial charge is 0.271 e. The summed E-state index contributed by atoms with van der Waals surface area (Å²) in [6.45, 7) is 7.41. The van der Waals surface area contributed by atoms with E-state index in [1.807, 2.05) is 13.0 Å². The van der Waals surface area contributed by atoms with Crippen molar-refractivity contribution in [2.45, 2.75) is 26.3 Å². The van der Waals surface area contributed by atoms with Crippen molar-refractivity contribution in [3.63, 3.8) is 0 Å². The lowest BCUT2D eigenvalue weighted by atomic mass is 10.3. The lowest BCUT2D eigenvalue weighted by Gasteiger charge is -2.34. The first kappa shape index (κ1) is 19.9. The van der Waals surface area contributed by atoms with Crippen molar-refractivity contribution in [2.24, 2.45) is 0 Å². The molecule has 0 spiro atoms. The first-order chi connectivity index (χ1) is 13.7. The summed E-state index contributed by atoms with van der Waals surface area (Å²) in [5, 5.41) is 7.07. The second kappa shape index (κ2) is 9.93. The van der Waals surface area contributed by atoms with Gasteiger partial charge in [0.25, 0.3) is 11.5 Å². The molecule has 9 heteroatoms. The molecule has 0 saturated carbocycles. The van der Waals surface area contributed by atoms with Crippen LogP contribution in [0.1, 0.15) is 30.3 Å². The minimum absolute atomic E-state index is 0.176. The quantitative estimate of drug-likeness (QED) is 0.702. The molecule has 150 valence electrons. The molecule has 0 unspecified atom stereocenters. The van der Waals surface area contributed by atoms with Crippen molar-refractivity contribution in [3.8, 4) is 0 Å². The van der Waals surface area contributed by atoms with Gasteiger partial charge in [-0.1, -0.05) is 13.3 Å². The molecule has 0 radical (unpaired) electrons. The molecule has 0 bridgehead atoms. The monoisotopic (exact) mass is 385 g/mol. The summed E-state index contributed by atoms with van der Waals surface area (Å²) in [5.74, 6) is 0.515. The van der Waals surface area contributed by atoms with Crippen LogP contribution in [-0.2, 0) is 6.54 Å². The maximum atomic E-state index is 12.3. The molecule has 0 aliphatic carbocycles. The first-order valence-corrected chi connectivity index (χ1v) is 9.78. The Balaban J connectivity index is 1.43. The van der Waals surface area contributed by atoms with Crippen molar-refractivity contribution >= 4 is 11.9 Å². The molecule has 3 heterocycles. The van der Waals surface area contributed by atoms with E-state index in [9.17, 15) is 9.59 Å². The van der Waals surface area contributed by atoms with Crippen LogP contribution in [0.25, 0.3) is 0 Å². The van der Waals surface area contributed by atoms with Gasteiger partial charge < -0.3 is 10.2 Å². The number of nitrogens with zero attached hydrogens (tertiary/aromatic N) is 6. The molecule has 2 aromatic rings. The molecule has 3 rings (SSSR count). The van der Waals surface area contributed by atoms with Gasteiger partial charge in [0.1, 0.15) is 5.69 Å². The van der Waals surface area contributed by atoms with Gasteiger partial charge >= 0.3 is 0 Å². The van der Waals surface area contributed by atoms with E-state index in [1.54, 1.807) is 12.4 Å². The highest BCUT2D eigenvalue weighted by atomic mass is 16.2. The maximum Gasteiger partial charge on any atom is 0.271 e. The van der Waals surface area contributed by atoms with Crippen molar-refractivity contribution < 1.29 is 4.79 Å². The summed E-state index contributed by atoms with van der Waals surface area (Å²) < 4.78 is 1.36. The predicted molar refractivity (Wildman–Crippen MR) is 106 cm³/mol. The number of aromatic nitrogens is 4. The van der Waals surface area contributed by atoms with Crippen LogP contribution in [0.5, 0.6) is 0 Å². The summed E-state index contributed by atoms with van der Waals surface area (Å²) in [7, 11) is 0. The molecule has 1 fully saturated rings. The Kier molecular flexibility index (Phi) is 7.07. The van der Waals surface area contributed by atoms with Crippen molar-refractivity contribution in [3.05, 3.63) is 46.6 Å². The second-order valence-corrected chi connectivity index (χ2v) is 6.77. The number of anilines is 1. The van der Waals surface area contributed by atoms with E-state index >= 15 is 0 Å². The van der Waals surface area contributed by atoms with Gasteiger partial charge in [-0.2, -0.15) is 5.10 Å². The molecule has 9 nitrogen and oxygen atoms in total. The van der Waals surface area contributed by atoms with Gasteiger partial charge in [-0.3, -0.25) is 14.5 Å². The molecular formula is C19H27N7O2. The number of nitrogens with one attached hydrogen (secondary N) is 1. The average Bonchev–Trinajstić information content (AvgIpc) is 2.74. The van der Waals surface area contributed by atoms with Gasteiger partial charge in [-0.15, -0.1) is 0 Å². The fraction of sp³-hybridized carbons (Fsp3) is 0.526. The number of carbonyl (C=O) groups is 1. The minimum atomic E-state index is -0.249. The lowest BCUT2D eigenvalue weighted by molar-refractivity contribution is 0.0940. The van der Waals surface area contributed by atoms with Crippen molar-refractivity contribution in [1.29, 1.82) is 0 Å². The van der Waals surface area contributed by atoms with Crippen LogP contribution in [0.4, 0.5) is 5.95 Å². The molecule has 1 aliphatic rings. The summed E-state index contributed by atoms with van der Waals surface area (Å²) in [5.41, 5.74) is 0.104. The third kappa shape index (κ3) is 5.35. The van der Waals surface area contributed by atoms with Crippen LogP contribution >= 0.6 is 0 Å². The van der Waals surface area contributed by atoms with Gasteiger partial charge in [0.15, 0.2) is 0 Å². The Bertz CT molecular complexity index is 817. The van der Waals surface area contributed by atoms with E-state index < -0.39 is 0 Å². The number of hydrogen-bond donors (Lipinski definition) is 1. The minimum Gasteiger partial charge on any atom is -0.349 e. The highest BCUT2D eigenvalue weighted by molar-refractivity contribution is 5.91. The molecule has 1 amide bonds. The van der Waals surface area contributed by atoms with Gasteiger partial charge in [-0.05, 0) is 18.6 Å². The highest BCUT2D eigenvalue weighted by Gasteiger charge is 2.18. The van der Waals surface area contributed by atoms with Gasteiger partial charge in [-0.25, -0.2) is 14.6 Å². The number of aryl methyl sites for hydroxylation is 1. The third-order valence-electron chi connectivity index (χ3n) is 4.74. The summed E-state index contributed by atoms with van der Waals surface area (Å²) in [6.07, 6.45) is 5.33. The number of piperazine rings is 1. The van der Waals surface area contributed by atoms with E-state index in [1.165, 1.54) is 16.8 Å². The Morgan fingerprint density at radius 1 is 1.11 bits per heavy atom. The van der Waals surface area contributed by atoms with Crippen LogP contribution in [-0.4, -0.2) is 69.8 Å². The largest absolute Gasteiger partial charge is 0.349 e. The normalized spacial score (nSPS) is 14.8.